The van der Waals surface area contributed by atoms with Gasteiger partial charge in [0.1, 0.15) is 0 Å². The Morgan fingerprint density at radius 2 is 1.89 bits per heavy atom. The molecular weight excluding hydrogens is 242 g/mol. The summed E-state index contributed by atoms with van der Waals surface area (Å²) in [5.41, 5.74) is 12.4. The number of amides is 2. The maximum atomic E-state index is 11.7. The van der Waals surface area contributed by atoms with Crippen molar-refractivity contribution < 1.29 is 9.59 Å². The van der Waals surface area contributed by atoms with E-state index >= 15 is 0 Å². The van der Waals surface area contributed by atoms with Crippen molar-refractivity contribution >= 4 is 17.5 Å². The van der Waals surface area contributed by atoms with Crippen LogP contribution in [0, 0.1) is 0 Å². The van der Waals surface area contributed by atoms with E-state index in [4.69, 9.17) is 11.5 Å². The van der Waals surface area contributed by atoms with Crippen molar-refractivity contribution in [1.82, 2.24) is 0 Å². The summed E-state index contributed by atoms with van der Waals surface area (Å²) >= 11 is 0. The van der Waals surface area contributed by atoms with Gasteiger partial charge in [0.2, 0.25) is 11.8 Å². The zero-order valence-electron chi connectivity index (χ0n) is 11.2. The van der Waals surface area contributed by atoms with Crippen LogP contribution < -0.4 is 16.8 Å². The molecule has 0 aliphatic carbocycles. The van der Waals surface area contributed by atoms with Gasteiger partial charge in [-0.3, -0.25) is 9.59 Å². The van der Waals surface area contributed by atoms with E-state index in [9.17, 15) is 9.59 Å². The molecular formula is C14H21N3O2. The average molecular weight is 263 g/mol. The smallest absolute Gasteiger partial charge is 0.225 e. The molecule has 0 heterocycles. The second-order valence-corrected chi connectivity index (χ2v) is 4.64. The fourth-order valence-corrected chi connectivity index (χ4v) is 1.83. The van der Waals surface area contributed by atoms with Crippen LogP contribution in [0.1, 0.15) is 31.7 Å². The van der Waals surface area contributed by atoms with Crippen LogP contribution >= 0.6 is 0 Å². The predicted octanol–water partition coefficient (Wildman–Crippen LogP) is 1.17. The number of anilines is 1. The Hall–Kier alpha value is -1.88. The minimum atomic E-state index is -0.373. The zero-order valence-corrected chi connectivity index (χ0v) is 11.2. The molecule has 5 N–H and O–H groups in total. The predicted molar refractivity (Wildman–Crippen MR) is 75.5 cm³/mol. The largest absolute Gasteiger partial charge is 0.369 e. The van der Waals surface area contributed by atoms with E-state index in [2.05, 4.69) is 5.32 Å². The summed E-state index contributed by atoms with van der Waals surface area (Å²) < 4.78 is 0. The zero-order chi connectivity index (χ0) is 14.3. The number of primary amides is 1. The molecule has 0 aliphatic heterocycles. The summed E-state index contributed by atoms with van der Waals surface area (Å²) in [5, 5.41) is 2.78. The molecule has 0 radical (unpaired) electrons. The fraction of sp³-hybridized carbons (Fsp3) is 0.429. The average Bonchev–Trinajstić information content (AvgIpc) is 2.31. The molecule has 0 aliphatic rings. The summed E-state index contributed by atoms with van der Waals surface area (Å²) in [6.45, 7) is 2.04. The Bertz CT molecular complexity index is 429. The van der Waals surface area contributed by atoms with Gasteiger partial charge in [-0.25, -0.2) is 0 Å². The van der Waals surface area contributed by atoms with Gasteiger partial charge in [-0.15, -0.1) is 0 Å². The number of carbonyl (C=O) groups is 2. The maximum Gasteiger partial charge on any atom is 0.225 e. The van der Waals surface area contributed by atoms with Gasteiger partial charge in [0.05, 0.1) is 6.42 Å². The van der Waals surface area contributed by atoms with E-state index in [1.165, 1.54) is 0 Å². The third kappa shape index (κ3) is 6.01. The standard InChI is InChI=1S/C14H21N3O2/c1-2-3-11(15)9-14(19)17-12-6-4-10(5-7-12)8-13(16)18/h4-7,11H,2-3,8-9,15H2,1H3,(H2,16,18)(H,17,19). The second kappa shape index (κ2) is 7.53. The fourth-order valence-electron chi connectivity index (χ4n) is 1.83. The highest BCUT2D eigenvalue weighted by Crippen LogP contribution is 2.11. The van der Waals surface area contributed by atoms with Crippen LogP contribution in [-0.2, 0) is 16.0 Å². The molecule has 0 saturated carbocycles. The molecule has 2 amide bonds. The first-order valence-corrected chi connectivity index (χ1v) is 6.44. The Kier molecular flexibility index (Phi) is 6.02. The van der Waals surface area contributed by atoms with Gasteiger partial charge in [0.15, 0.2) is 0 Å². The van der Waals surface area contributed by atoms with Crippen molar-refractivity contribution in [3.05, 3.63) is 29.8 Å². The van der Waals surface area contributed by atoms with E-state index in [0.29, 0.717) is 12.1 Å². The molecule has 0 fully saturated rings. The lowest BCUT2D eigenvalue weighted by molar-refractivity contribution is -0.117. The first-order chi connectivity index (χ1) is 9.01. The van der Waals surface area contributed by atoms with Crippen LogP contribution in [0.25, 0.3) is 0 Å². The summed E-state index contributed by atoms with van der Waals surface area (Å²) in [4.78, 5) is 22.4. The van der Waals surface area contributed by atoms with Gasteiger partial charge in [-0.2, -0.15) is 0 Å². The van der Waals surface area contributed by atoms with Crippen LogP contribution in [-0.4, -0.2) is 17.9 Å². The maximum absolute atomic E-state index is 11.7. The molecule has 5 heteroatoms. The third-order valence-corrected chi connectivity index (χ3v) is 2.72. The molecule has 0 spiro atoms. The van der Waals surface area contributed by atoms with E-state index in [1.54, 1.807) is 24.3 Å². The molecule has 0 bridgehead atoms. The Morgan fingerprint density at radius 3 is 2.42 bits per heavy atom. The molecule has 0 saturated heterocycles. The van der Waals surface area contributed by atoms with Gasteiger partial charge >= 0.3 is 0 Å². The molecule has 19 heavy (non-hydrogen) atoms. The number of hydrogen-bond acceptors (Lipinski definition) is 3. The van der Waals surface area contributed by atoms with Crippen molar-refractivity contribution in [2.45, 2.75) is 38.6 Å². The van der Waals surface area contributed by atoms with E-state index in [0.717, 1.165) is 18.4 Å². The topological polar surface area (TPSA) is 98.2 Å². The lowest BCUT2D eigenvalue weighted by atomic mass is 10.1. The molecule has 1 unspecified atom stereocenters. The summed E-state index contributed by atoms with van der Waals surface area (Å²) in [6.07, 6.45) is 2.33. The Morgan fingerprint density at radius 1 is 1.26 bits per heavy atom. The lowest BCUT2D eigenvalue weighted by Gasteiger charge is -2.10. The first kappa shape index (κ1) is 15.2. The Labute approximate surface area is 113 Å². The highest BCUT2D eigenvalue weighted by Gasteiger charge is 2.09. The number of carbonyl (C=O) groups excluding carboxylic acids is 2. The van der Waals surface area contributed by atoms with E-state index < -0.39 is 0 Å². The highest BCUT2D eigenvalue weighted by molar-refractivity contribution is 5.91. The second-order valence-electron chi connectivity index (χ2n) is 4.64. The number of nitrogens with one attached hydrogen (secondary N) is 1. The SMILES string of the molecule is CCCC(N)CC(=O)Nc1ccc(CC(N)=O)cc1. The van der Waals surface area contributed by atoms with Gasteiger partial charge < -0.3 is 16.8 Å². The monoisotopic (exact) mass is 263 g/mol. The van der Waals surface area contributed by atoms with E-state index in [-0.39, 0.29) is 24.3 Å². The first-order valence-electron chi connectivity index (χ1n) is 6.44. The van der Waals surface area contributed by atoms with Gasteiger partial charge in [0.25, 0.3) is 0 Å². The molecule has 5 nitrogen and oxygen atoms in total. The van der Waals surface area contributed by atoms with Crippen molar-refractivity contribution in [2.24, 2.45) is 11.5 Å². The van der Waals surface area contributed by atoms with Crippen molar-refractivity contribution in [2.75, 3.05) is 5.32 Å². The summed E-state index contributed by atoms with van der Waals surface area (Å²) in [7, 11) is 0. The van der Waals surface area contributed by atoms with Gasteiger partial charge in [-0.1, -0.05) is 25.5 Å². The van der Waals surface area contributed by atoms with Crippen LogP contribution in [0.5, 0.6) is 0 Å². The molecule has 1 rings (SSSR count). The minimum Gasteiger partial charge on any atom is -0.369 e. The summed E-state index contributed by atoms with van der Waals surface area (Å²) in [5.74, 6) is -0.467. The number of rotatable bonds is 7. The minimum absolute atomic E-state index is 0.0939. The lowest BCUT2D eigenvalue weighted by Crippen LogP contribution is -2.26. The molecule has 1 aromatic rings. The molecule has 1 atom stereocenters. The normalized spacial score (nSPS) is 11.9. The quantitative estimate of drug-likeness (QED) is 0.688. The van der Waals surface area contributed by atoms with Crippen LogP contribution in [0.3, 0.4) is 0 Å². The molecule has 1 aromatic carbocycles. The summed E-state index contributed by atoms with van der Waals surface area (Å²) in [6, 6.07) is 6.95. The van der Waals surface area contributed by atoms with Crippen molar-refractivity contribution in [3.63, 3.8) is 0 Å². The molecule has 0 aromatic heterocycles. The van der Waals surface area contributed by atoms with Crippen LogP contribution in [0.4, 0.5) is 5.69 Å². The van der Waals surface area contributed by atoms with Gasteiger partial charge in [-0.05, 0) is 24.1 Å². The van der Waals surface area contributed by atoms with Crippen LogP contribution in [0.15, 0.2) is 24.3 Å². The van der Waals surface area contributed by atoms with Crippen molar-refractivity contribution in [1.29, 1.82) is 0 Å². The number of hydrogen-bond donors (Lipinski definition) is 3. The van der Waals surface area contributed by atoms with Gasteiger partial charge in [0, 0.05) is 18.2 Å². The number of benzene rings is 1. The van der Waals surface area contributed by atoms with E-state index in [1.807, 2.05) is 6.92 Å². The Balaban J connectivity index is 2.48. The highest BCUT2D eigenvalue weighted by atomic mass is 16.1. The van der Waals surface area contributed by atoms with Crippen molar-refractivity contribution in [3.8, 4) is 0 Å². The van der Waals surface area contributed by atoms with Crippen LogP contribution in [0.2, 0.25) is 0 Å². The molecule has 104 valence electrons. The number of nitrogens with two attached hydrogens (primary N) is 2. The third-order valence-electron chi connectivity index (χ3n) is 2.72.